The van der Waals surface area contributed by atoms with Crippen LogP contribution in [0.5, 0.6) is 0 Å². The fourth-order valence-electron chi connectivity index (χ4n) is 4.89. The summed E-state index contributed by atoms with van der Waals surface area (Å²) in [6, 6.07) is 35.9. The third-order valence-electron chi connectivity index (χ3n) is 7.19. The van der Waals surface area contributed by atoms with Gasteiger partial charge in [-0.1, -0.05) is 110 Å². The Morgan fingerprint density at radius 3 is 2.14 bits per heavy atom. The van der Waals surface area contributed by atoms with E-state index in [0.29, 0.717) is 16.5 Å². The lowest BCUT2D eigenvalue weighted by molar-refractivity contribution is 0.527. The summed E-state index contributed by atoms with van der Waals surface area (Å²) >= 11 is 0. The molecular formula is C35H32N4O2S. The molecule has 7 heteroatoms. The highest BCUT2D eigenvalue weighted by Gasteiger charge is 2.19. The van der Waals surface area contributed by atoms with E-state index in [1.165, 1.54) is 24.8 Å². The van der Waals surface area contributed by atoms with Crippen LogP contribution >= 0.6 is 0 Å². The number of unbranched alkanes of at least 4 members (excludes halogenated alkanes) is 2. The lowest BCUT2D eigenvalue weighted by Gasteiger charge is -2.03. The molecule has 0 aliphatic heterocycles. The van der Waals surface area contributed by atoms with E-state index < -0.39 is 10.8 Å². The zero-order chi connectivity index (χ0) is 28.7. The highest BCUT2D eigenvalue weighted by atomic mass is 32.2. The number of aryl methyl sites for hydroxylation is 1. The van der Waals surface area contributed by atoms with E-state index in [9.17, 15) is 4.21 Å². The predicted molar refractivity (Wildman–Crippen MR) is 168 cm³/mol. The highest BCUT2D eigenvalue weighted by molar-refractivity contribution is 7.84. The Hall–Kier alpha value is -4.62. The minimum Gasteiger partial charge on any atom is -0.439 e. The first-order valence-corrected chi connectivity index (χ1v) is 15.6. The SMILES string of the molecule is CCCCCc1ccc(-c2cn(-c3ccc(S(=O)Cc4nc(-c5ccccc5)c(-c5ccccc5)o4)cc3)nn2)cc1. The minimum atomic E-state index is -1.34. The highest BCUT2D eigenvalue weighted by Crippen LogP contribution is 2.33. The number of hydrogen-bond donors (Lipinski definition) is 0. The van der Waals surface area contributed by atoms with Crippen LogP contribution in [0.15, 0.2) is 125 Å². The van der Waals surface area contributed by atoms with Crippen LogP contribution in [0.4, 0.5) is 0 Å². The molecule has 0 bridgehead atoms. The van der Waals surface area contributed by atoms with E-state index in [1.54, 1.807) is 4.68 Å². The third kappa shape index (κ3) is 6.31. The zero-order valence-corrected chi connectivity index (χ0v) is 24.3. The molecule has 4 aromatic carbocycles. The zero-order valence-electron chi connectivity index (χ0n) is 23.5. The molecule has 0 aliphatic carbocycles. The van der Waals surface area contributed by atoms with Crippen molar-refractivity contribution in [2.75, 3.05) is 0 Å². The molecule has 6 aromatic rings. The molecule has 0 N–H and O–H groups in total. The molecule has 2 aromatic heterocycles. The van der Waals surface area contributed by atoms with E-state index in [-0.39, 0.29) is 5.75 Å². The summed E-state index contributed by atoms with van der Waals surface area (Å²) in [5, 5.41) is 8.70. The summed E-state index contributed by atoms with van der Waals surface area (Å²) in [6.45, 7) is 2.22. The maximum absolute atomic E-state index is 13.3. The number of nitrogens with zero attached hydrogens (tertiary/aromatic N) is 4. The Kier molecular flexibility index (Phi) is 8.47. The Morgan fingerprint density at radius 1 is 0.762 bits per heavy atom. The topological polar surface area (TPSA) is 73.8 Å². The van der Waals surface area contributed by atoms with E-state index in [1.807, 2.05) is 91.1 Å². The quantitative estimate of drug-likeness (QED) is 0.146. The fraction of sp³-hybridized carbons (Fsp3) is 0.171. The van der Waals surface area contributed by atoms with Crippen LogP contribution in [0.3, 0.4) is 0 Å². The predicted octanol–water partition coefficient (Wildman–Crippen LogP) is 8.30. The molecule has 0 saturated carbocycles. The van der Waals surface area contributed by atoms with Gasteiger partial charge in [-0.05, 0) is 42.7 Å². The summed E-state index contributed by atoms with van der Waals surface area (Å²) in [5.74, 6) is 1.29. The van der Waals surface area contributed by atoms with Gasteiger partial charge in [-0.15, -0.1) is 5.10 Å². The van der Waals surface area contributed by atoms with Gasteiger partial charge in [0.2, 0.25) is 5.89 Å². The van der Waals surface area contributed by atoms with Gasteiger partial charge < -0.3 is 4.42 Å². The number of oxazole rings is 1. The number of benzene rings is 4. The average Bonchev–Trinajstić information content (AvgIpc) is 3.71. The molecule has 1 atom stereocenters. The van der Waals surface area contributed by atoms with Crippen molar-refractivity contribution in [1.82, 2.24) is 20.0 Å². The Bertz CT molecular complexity index is 1700. The van der Waals surface area contributed by atoms with Gasteiger partial charge >= 0.3 is 0 Å². The van der Waals surface area contributed by atoms with Crippen molar-refractivity contribution in [2.24, 2.45) is 0 Å². The molecule has 2 heterocycles. The molecule has 0 aliphatic rings. The maximum atomic E-state index is 13.3. The summed E-state index contributed by atoms with van der Waals surface area (Å²) in [4.78, 5) is 5.45. The van der Waals surface area contributed by atoms with Crippen LogP contribution in [0.2, 0.25) is 0 Å². The summed E-state index contributed by atoms with van der Waals surface area (Å²) in [7, 11) is -1.34. The van der Waals surface area contributed by atoms with Crippen LogP contribution in [0, 0.1) is 0 Å². The van der Waals surface area contributed by atoms with Crippen molar-refractivity contribution < 1.29 is 8.63 Å². The van der Waals surface area contributed by atoms with Crippen molar-refractivity contribution in [1.29, 1.82) is 0 Å². The van der Waals surface area contributed by atoms with Gasteiger partial charge in [0, 0.05) is 21.6 Å². The number of hydrogen-bond acceptors (Lipinski definition) is 5. The maximum Gasteiger partial charge on any atom is 0.208 e. The summed E-state index contributed by atoms with van der Waals surface area (Å²) in [6.07, 6.45) is 6.72. The van der Waals surface area contributed by atoms with Crippen molar-refractivity contribution in [3.8, 4) is 39.5 Å². The molecule has 6 nitrogen and oxygen atoms in total. The standard InChI is InChI=1S/C35H32N4O2S/c1-2-3-6-11-26-16-18-27(19-17-26)32-24-39(38-37-32)30-20-22-31(23-21-30)42(40)25-33-36-34(28-12-7-4-8-13-28)35(41-33)29-14-9-5-10-15-29/h4-5,7-10,12-24H,2-3,6,11,25H2,1H3. The Morgan fingerprint density at radius 2 is 1.45 bits per heavy atom. The molecule has 210 valence electrons. The lowest BCUT2D eigenvalue weighted by atomic mass is 10.0. The first-order valence-electron chi connectivity index (χ1n) is 14.3. The van der Waals surface area contributed by atoms with Gasteiger partial charge in [0.15, 0.2) is 5.76 Å². The largest absolute Gasteiger partial charge is 0.439 e. The smallest absolute Gasteiger partial charge is 0.208 e. The minimum absolute atomic E-state index is 0.175. The van der Waals surface area contributed by atoms with Crippen molar-refractivity contribution >= 4 is 10.8 Å². The Balaban J connectivity index is 1.16. The summed E-state index contributed by atoms with van der Waals surface area (Å²) in [5.41, 5.74) is 6.68. The van der Waals surface area contributed by atoms with Gasteiger partial charge in [-0.25, -0.2) is 9.67 Å². The van der Waals surface area contributed by atoms with Crippen LogP contribution in [0.1, 0.15) is 37.6 Å². The second-order valence-corrected chi connectivity index (χ2v) is 11.7. The normalized spacial score (nSPS) is 11.9. The van der Waals surface area contributed by atoms with Crippen molar-refractivity contribution in [3.63, 3.8) is 0 Å². The molecule has 42 heavy (non-hydrogen) atoms. The number of rotatable bonds is 11. The van der Waals surface area contributed by atoms with E-state index >= 15 is 0 Å². The number of aromatic nitrogens is 4. The van der Waals surface area contributed by atoms with Gasteiger partial charge in [-0.3, -0.25) is 4.21 Å². The van der Waals surface area contributed by atoms with Gasteiger partial charge in [-0.2, -0.15) is 0 Å². The van der Waals surface area contributed by atoms with Crippen LogP contribution in [-0.2, 0) is 23.0 Å². The van der Waals surface area contributed by atoms with E-state index in [2.05, 4.69) is 41.5 Å². The first-order chi connectivity index (χ1) is 20.7. The molecule has 0 saturated heterocycles. The average molecular weight is 573 g/mol. The first kappa shape index (κ1) is 27.5. The second kappa shape index (κ2) is 12.9. The second-order valence-electron chi connectivity index (χ2n) is 10.2. The van der Waals surface area contributed by atoms with Crippen LogP contribution in [0.25, 0.3) is 39.5 Å². The molecular weight excluding hydrogens is 540 g/mol. The Labute approximate surface area is 248 Å². The fourth-order valence-corrected chi connectivity index (χ4v) is 5.85. The molecule has 0 fully saturated rings. The van der Waals surface area contributed by atoms with E-state index in [4.69, 9.17) is 9.40 Å². The monoisotopic (exact) mass is 572 g/mol. The molecule has 0 amide bonds. The van der Waals surface area contributed by atoms with Crippen molar-refractivity contribution in [3.05, 3.63) is 127 Å². The van der Waals surface area contributed by atoms with Crippen LogP contribution in [-0.4, -0.2) is 24.2 Å². The third-order valence-corrected chi connectivity index (χ3v) is 8.49. The van der Waals surface area contributed by atoms with E-state index in [0.717, 1.165) is 40.2 Å². The summed E-state index contributed by atoms with van der Waals surface area (Å²) < 4.78 is 21.3. The molecule has 1 unspecified atom stereocenters. The van der Waals surface area contributed by atoms with Gasteiger partial charge in [0.25, 0.3) is 0 Å². The molecule has 6 rings (SSSR count). The molecule has 0 radical (unpaired) electrons. The molecule has 0 spiro atoms. The van der Waals surface area contributed by atoms with Gasteiger partial charge in [0.1, 0.15) is 17.1 Å². The van der Waals surface area contributed by atoms with Gasteiger partial charge in [0.05, 0.1) is 22.7 Å². The lowest BCUT2D eigenvalue weighted by Crippen LogP contribution is -1.99. The van der Waals surface area contributed by atoms with Crippen LogP contribution < -0.4 is 0 Å². The van der Waals surface area contributed by atoms with Crippen molar-refractivity contribution in [2.45, 2.75) is 43.3 Å².